The van der Waals surface area contributed by atoms with Crippen molar-refractivity contribution in [3.05, 3.63) is 58.3 Å². The number of nitrogens with two attached hydrogens (primary N) is 1. The quantitative estimate of drug-likeness (QED) is 0.651. The standard InChI is InChI=1S/C24H22F3N5O2/c1-22(2,3)34-21(33)32-9-8-16-17(10-28)20(31)23(12-29,13-30)19(18(16)11-32)14-4-6-15(7-5-14)24(25,26)27/h4-8,18-19H,9,11,31H2,1-3H3. The molecule has 2 unspecified atom stereocenters. The monoisotopic (exact) mass is 469 g/mol. The molecule has 0 saturated heterocycles. The van der Waals surface area contributed by atoms with Crippen molar-refractivity contribution in [1.29, 1.82) is 15.8 Å². The highest BCUT2D eigenvalue weighted by atomic mass is 19.4. The summed E-state index contributed by atoms with van der Waals surface area (Å²) in [4.78, 5) is 14.1. The van der Waals surface area contributed by atoms with Gasteiger partial charge >= 0.3 is 12.3 Å². The van der Waals surface area contributed by atoms with E-state index in [2.05, 4.69) is 0 Å². The van der Waals surface area contributed by atoms with Crippen molar-refractivity contribution >= 4 is 6.09 Å². The van der Waals surface area contributed by atoms with Gasteiger partial charge in [0.15, 0.2) is 5.41 Å². The Morgan fingerprint density at radius 2 is 1.74 bits per heavy atom. The highest BCUT2D eigenvalue weighted by Gasteiger charge is 2.55. The normalized spacial score (nSPS) is 22.0. The fraction of sp³-hybridized carbons (Fsp3) is 0.417. The molecule has 2 aliphatic rings. The van der Waals surface area contributed by atoms with Gasteiger partial charge in [-0.25, -0.2) is 4.79 Å². The molecule has 0 fully saturated rings. The molecule has 1 aliphatic heterocycles. The summed E-state index contributed by atoms with van der Waals surface area (Å²) >= 11 is 0. The molecule has 34 heavy (non-hydrogen) atoms. The van der Waals surface area contributed by atoms with E-state index in [0.717, 1.165) is 12.1 Å². The highest BCUT2D eigenvalue weighted by Crippen LogP contribution is 2.54. The second kappa shape index (κ2) is 8.43. The maximum atomic E-state index is 13.1. The largest absolute Gasteiger partial charge is 0.444 e. The van der Waals surface area contributed by atoms with E-state index in [1.54, 1.807) is 26.8 Å². The first kappa shape index (κ1) is 24.7. The topological polar surface area (TPSA) is 127 Å². The van der Waals surface area contributed by atoms with Gasteiger partial charge in [0, 0.05) is 24.9 Å². The smallest absolute Gasteiger partial charge is 0.416 e. The zero-order valence-electron chi connectivity index (χ0n) is 18.8. The van der Waals surface area contributed by atoms with Crippen molar-refractivity contribution in [1.82, 2.24) is 4.90 Å². The third kappa shape index (κ3) is 4.18. The molecule has 2 atom stereocenters. The average Bonchev–Trinajstić information content (AvgIpc) is 2.76. The van der Waals surface area contributed by atoms with E-state index < -0.39 is 40.7 Å². The molecule has 1 heterocycles. The van der Waals surface area contributed by atoms with Crippen LogP contribution in [0.5, 0.6) is 0 Å². The van der Waals surface area contributed by atoms with Crippen LogP contribution in [0.3, 0.4) is 0 Å². The molecule has 1 amide bonds. The predicted octanol–water partition coefficient (Wildman–Crippen LogP) is 4.37. The van der Waals surface area contributed by atoms with Crippen LogP contribution in [0.1, 0.15) is 37.8 Å². The highest BCUT2D eigenvalue weighted by molar-refractivity contribution is 5.70. The van der Waals surface area contributed by atoms with Crippen LogP contribution in [-0.4, -0.2) is 29.7 Å². The molecular formula is C24H22F3N5O2. The number of nitrogens with zero attached hydrogens (tertiary/aromatic N) is 4. The number of rotatable bonds is 1. The molecule has 3 rings (SSSR count). The molecule has 0 radical (unpaired) electrons. The zero-order chi connectivity index (χ0) is 25.5. The van der Waals surface area contributed by atoms with E-state index in [0.29, 0.717) is 5.57 Å². The van der Waals surface area contributed by atoms with Crippen molar-refractivity contribution in [2.75, 3.05) is 13.1 Å². The van der Waals surface area contributed by atoms with E-state index >= 15 is 0 Å². The van der Waals surface area contributed by atoms with E-state index in [1.165, 1.54) is 17.0 Å². The third-order valence-electron chi connectivity index (χ3n) is 5.91. The van der Waals surface area contributed by atoms with Gasteiger partial charge in [0.05, 0.1) is 29.0 Å². The molecule has 1 aromatic carbocycles. The molecule has 2 N–H and O–H groups in total. The lowest BCUT2D eigenvalue weighted by molar-refractivity contribution is -0.137. The van der Waals surface area contributed by atoms with Gasteiger partial charge in [0.1, 0.15) is 11.7 Å². The van der Waals surface area contributed by atoms with Gasteiger partial charge in [-0.15, -0.1) is 0 Å². The first-order valence-electron chi connectivity index (χ1n) is 10.4. The molecule has 1 aromatic rings. The summed E-state index contributed by atoms with van der Waals surface area (Å²) in [5.41, 5.74) is 2.94. The minimum Gasteiger partial charge on any atom is -0.444 e. The van der Waals surface area contributed by atoms with Gasteiger partial charge in [-0.1, -0.05) is 18.2 Å². The lowest BCUT2D eigenvalue weighted by Gasteiger charge is -2.45. The number of amides is 1. The molecule has 0 bridgehead atoms. The van der Waals surface area contributed by atoms with Crippen LogP contribution in [0.4, 0.5) is 18.0 Å². The van der Waals surface area contributed by atoms with E-state index in [-0.39, 0.29) is 29.9 Å². The van der Waals surface area contributed by atoms with Gasteiger partial charge < -0.3 is 15.4 Å². The first-order chi connectivity index (χ1) is 15.8. The number of hydrogen-bond donors (Lipinski definition) is 1. The van der Waals surface area contributed by atoms with Gasteiger partial charge in [-0.3, -0.25) is 0 Å². The summed E-state index contributed by atoms with van der Waals surface area (Å²) in [6.07, 6.45) is -3.59. The van der Waals surface area contributed by atoms with Crippen molar-refractivity contribution in [3.8, 4) is 18.2 Å². The second-order valence-electron chi connectivity index (χ2n) is 9.18. The first-order valence-corrected chi connectivity index (χ1v) is 10.4. The van der Waals surface area contributed by atoms with Gasteiger partial charge in [-0.2, -0.15) is 29.0 Å². The molecule has 0 aromatic heterocycles. The Morgan fingerprint density at radius 3 is 2.21 bits per heavy atom. The number of carbonyl (C=O) groups excluding carboxylic acids is 1. The SMILES string of the molecule is CC(C)(C)OC(=O)N1CC=C2C(C#N)=C(N)C(C#N)(C#N)C(c3ccc(C(F)(F)F)cc3)C2C1. The molecule has 0 spiro atoms. The third-order valence-corrected chi connectivity index (χ3v) is 5.91. The maximum absolute atomic E-state index is 13.1. The van der Waals surface area contributed by atoms with Crippen LogP contribution in [0.15, 0.2) is 47.2 Å². The van der Waals surface area contributed by atoms with Crippen molar-refractivity contribution in [2.45, 2.75) is 38.5 Å². The minimum atomic E-state index is -4.57. The summed E-state index contributed by atoms with van der Waals surface area (Å²) in [6.45, 7) is 5.20. The van der Waals surface area contributed by atoms with Crippen LogP contribution in [0, 0.1) is 45.3 Å². The number of hydrogen-bond acceptors (Lipinski definition) is 6. The molecule has 7 nitrogen and oxygen atoms in total. The predicted molar refractivity (Wildman–Crippen MR) is 114 cm³/mol. The molecule has 0 saturated carbocycles. The Hall–Kier alpha value is -3.97. The van der Waals surface area contributed by atoms with Crippen LogP contribution < -0.4 is 5.73 Å². The average molecular weight is 469 g/mol. The van der Waals surface area contributed by atoms with Gasteiger partial charge in [0.25, 0.3) is 0 Å². The zero-order valence-corrected chi connectivity index (χ0v) is 18.8. The number of alkyl halides is 3. The van der Waals surface area contributed by atoms with Crippen LogP contribution in [-0.2, 0) is 10.9 Å². The van der Waals surface area contributed by atoms with E-state index in [4.69, 9.17) is 10.5 Å². The summed E-state index contributed by atoms with van der Waals surface area (Å²) in [5, 5.41) is 29.9. The van der Waals surface area contributed by atoms with E-state index in [1.807, 2.05) is 18.2 Å². The van der Waals surface area contributed by atoms with Crippen molar-refractivity contribution in [2.24, 2.45) is 17.1 Å². The van der Waals surface area contributed by atoms with Gasteiger partial charge in [0.2, 0.25) is 0 Å². The summed E-state index contributed by atoms with van der Waals surface area (Å²) in [5.74, 6) is -1.78. The fourth-order valence-corrected chi connectivity index (χ4v) is 4.41. The Balaban J connectivity index is 2.18. The van der Waals surface area contributed by atoms with Crippen molar-refractivity contribution < 1.29 is 22.7 Å². The lowest BCUT2D eigenvalue weighted by atomic mass is 9.58. The van der Waals surface area contributed by atoms with Crippen LogP contribution >= 0.6 is 0 Å². The Labute approximate surface area is 195 Å². The van der Waals surface area contributed by atoms with E-state index in [9.17, 15) is 33.8 Å². The molecule has 1 aliphatic carbocycles. The minimum absolute atomic E-state index is 0.0179. The van der Waals surface area contributed by atoms with Gasteiger partial charge in [-0.05, 0) is 44.0 Å². The summed E-state index contributed by atoms with van der Waals surface area (Å²) < 4.78 is 44.8. The number of nitriles is 3. The van der Waals surface area contributed by atoms with Crippen LogP contribution in [0.2, 0.25) is 0 Å². The fourth-order valence-electron chi connectivity index (χ4n) is 4.41. The number of halogens is 3. The van der Waals surface area contributed by atoms with Crippen molar-refractivity contribution in [3.63, 3.8) is 0 Å². The Kier molecular flexibility index (Phi) is 6.11. The maximum Gasteiger partial charge on any atom is 0.416 e. The summed E-state index contributed by atoms with van der Waals surface area (Å²) in [7, 11) is 0. The number of allylic oxidation sites excluding steroid dienone is 2. The van der Waals surface area contributed by atoms with Crippen LogP contribution in [0.25, 0.3) is 0 Å². The summed E-state index contributed by atoms with van der Waals surface area (Å²) in [6, 6.07) is 9.92. The molecule has 10 heteroatoms. The molecule has 176 valence electrons. The Morgan fingerprint density at radius 1 is 1.15 bits per heavy atom. The number of carbonyl (C=O) groups is 1. The second-order valence-corrected chi connectivity index (χ2v) is 9.18. The lowest BCUT2D eigenvalue weighted by Crippen LogP contribution is -2.50. The number of fused-ring (bicyclic) bond motifs is 1. The Bertz CT molecular complexity index is 1170. The molecular weight excluding hydrogens is 447 g/mol. The number of ether oxygens (including phenoxy) is 1. The number of benzene rings is 1.